The first kappa shape index (κ1) is 48.9. The smallest absolute Gasteiger partial charge is 0.305 e. The van der Waals surface area contributed by atoms with Crippen LogP contribution in [0.4, 0.5) is 0 Å². The highest BCUT2D eigenvalue weighted by molar-refractivity contribution is 5.99. The van der Waals surface area contributed by atoms with Crippen molar-refractivity contribution in [1.29, 1.82) is 0 Å². The van der Waals surface area contributed by atoms with Gasteiger partial charge < -0.3 is 63.5 Å². The zero-order valence-corrected chi connectivity index (χ0v) is 35.9. The van der Waals surface area contributed by atoms with Gasteiger partial charge in [-0.25, -0.2) is 4.98 Å². The number of aliphatic imine (C=N–C) groups is 1. The zero-order valence-electron chi connectivity index (χ0n) is 35.9. The van der Waals surface area contributed by atoms with Gasteiger partial charge >= 0.3 is 5.97 Å². The van der Waals surface area contributed by atoms with Crippen LogP contribution < -0.4 is 43.4 Å². The summed E-state index contributed by atoms with van der Waals surface area (Å²) in [5, 5.41) is 35.6. The number of guanidine groups is 1. The van der Waals surface area contributed by atoms with Crippen molar-refractivity contribution in [3.8, 4) is 5.75 Å². The molecule has 22 nitrogen and oxygen atoms in total. The van der Waals surface area contributed by atoms with Crippen LogP contribution >= 0.6 is 0 Å². The third kappa shape index (κ3) is 14.1. The number of carboxylic acid groups (broad SMARTS) is 1. The predicted molar refractivity (Wildman–Crippen MR) is 227 cm³/mol. The maximum atomic E-state index is 14.4. The Bertz CT molecular complexity index is 1970. The molecule has 13 N–H and O–H groups in total. The molecule has 0 bridgehead atoms. The van der Waals surface area contributed by atoms with Crippen LogP contribution in [-0.4, -0.2) is 134 Å². The topological polar surface area (TPSA) is 346 Å². The van der Waals surface area contributed by atoms with Crippen molar-refractivity contribution in [2.45, 2.75) is 121 Å². The number of phenols is 1. The van der Waals surface area contributed by atoms with Gasteiger partial charge in [0.05, 0.1) is 12.7 Å². The van der Waals surface area contributed by atoms with Gasteiger partial charge in [-0.1, -0.05) is 46.2 Å². The normalized spacial score (nSPS) is 25.0. The first-order valence-corrected chi connectivity index (χ1v) is 21.0. The summed E-state index contributed by atoms with van der Waals surface area (Å²) in [4.78, 5) is 123. The van der Waals surface area contributed by atoms with Gasteiger partial charge in [0.15, 0.2) is 5.96 Å². The van der Waals surface area contributed by atoms with E-state index >= 15 is 0 Å². The predicted octanol–water partition coefficient (Wildman–Crippen LogP) is -1.96. The number of nitrogens with two attached hydrogens (primary N) is 2. The minimum atomic E-state index is -1.71. The number of carbonyl (C=O) groups is 8. The third-order valence-corrected chi connectivity index (χ3v) is 11.1. The SMILES string of the molecule is CC[C@H](C)[C@@H]1NC(=O)[C@H](Cc2ccc(O)cc2)NC(=O)[C@H](C(C)C)NC(=O)[C@@H](CCCN=C(N)N)NC(=O)[C@H](CC(=O)O)NC(=O)[C@@H]2CCCN2C(=O)[C@H](Cc2cnc[nH]2)NC1=O. The minimum Gasteiger partial charge on any atom is -0.508 e. The van der Waals surface area contributed by atoms with E-state index < -0.39 is 108 Å². The summed E-state index contributed by atoms with van der Waals surface area (Å²) in [5.41, 5.74) is 11.9. The number of carboxylic acids is 1. The second-order valence-electron chi connectivity index (χ2n) is 16.2. The van der Waals surface area contributed by atoms with Crippen LogP contribution in [0.2, 0.25) is 0 Å². The molecule has 63 heavy (non-hydrogen) atoms. The standard InChI is InChI=1S/C41H60N12O10/c1-5-22(4)33-39(62)50-29(17-24-19-44-20-46-24)40(63)53-15-7-9-30(53)37(60)48-28(18-31(55)56)35(58)47-26(8-6-14-45-41(42)43)34(57)51-32(21(2)3)38(61)49-27(36(59)52-33)16-23-10-12-25(54)13-11-23/h10-13,19-22,26-30,32-33,54H,5-9,14-18H2,1-4H3,(H,44,46)(H,47,58)(H,48,60)(H,49,61)(H,50,62)(H,51,57)(H,52,59)(H,55,56)(H4,42,43,45)/t22-,26+,27-,28-,29-,30-,32-,33-/m0/s1. The highest BCUT2D eigenvalue weighted by Crippen LogP contribution is 2.21. The lowest BCUT2D eigenvalue weighted by molar-refractivity contribution is -0.144. The number of fused-ring (bicyclic) bond motifs is 1. The van der Waals surface area contributed by atoms with Crippen molar-refractivity contribution < 1.29 is 48.6 Å². The van der Waals surface area contributed by atoms with Crippen LogP contribution in [0.15, 0.2) is 41.8 Å². The number of aromatic amines is 1. The lowest BCUT2D eigenvalue weighted by atomic mass is 9.96. The molecule has 0 unspecified atom stereocenters. The number of aromatic hydroxyl groups is 1. The van der Waals surface area contributed by atoms with Gasteiger partial charge in [-0.15, -0.1) is 0 Å². The number of rotatable bonds is 13. The number of imidazole rings is 1. The fourth-order valence-corrected chi connectivity index (χ4v) is 7.36. The molecule has 2 fully saturated rings. The molecule has 2 aliphatic rings. The Labute approximate surface area is 364 Å². The van der Waals surface area contributed by atoms with E-state index in [0.717, 1.165) is 0 Å². The zero-order chi connectivity index (χ0) is 46.4. The number of nitrogens with one attached hydrogen (secondary N) is 7. The fraction of sp³-hybridized carbons (Fsp3) is 0.561. The summed E-state index contributed by atoms with van der Waals surface area (Å²) < 4.78 is 0. The summed E-state index contributed by atoms with van der Waals surface area (Å²) in [7, 11) is 0. The maximum Gasteiger partial charge on any atom is 0.305 e. The van der Waals surface area contributed by atoms with Gasteiger partial charge in [-0.2, -0.15) is 0 Å². The Morgan fingerprint density at radius 2 is 1.41 bits per heavy atom. The molecule has 1 aromatic carbocycles. The molecule has 0 aliphatic carbocycles. The van der Waals surface area contributed by atoms with Crippen LogP contribution in [0.25, 0.3) is 0 Å². The van der Waals surface area contributed by atoms with E-state index in [2.05, 4.69) is 46.9 Å². The molecule has 4 rings (SSSR count). The van der Waals surface area contributed by atoms with Gasteiger partial charge in [0.25, 0.3) is 0 Å². The van der Waals surface area contributed by atoms with E-state index in [0.29, 0.717) is 24.1 Å². The van der Waals surface area contributed by atoms with E-state index in [1.807, 2.05) is 0 Å². The molecule has 0 spiro atoms. The molecule has 0 radical (unpaired) electrons. The van der Waals surface area contributed by atoms with E-state index in [1.165, 1.54) is 29.6 Å². The van der Waals surface area contributed by atoms with Crippen molar-refractivity contribution in [2.75, 3.05) is 13.1 Å². The number of hydrogen-bond acceptors (Lipinski definition) is 11. The summed E-state index contributed by atoms with van der Waals surface area (Å²) in [6.07, 6.45) is 2.71. The molecular weight excluding hydrogens is 821 g/mol. The maximum absolute atomic E-state index is 14.4. The van der Waals surface area contributed by atoms with Crippen molar-refractivity contribution in [3.63, 3.8) is 0 Å². The quantitative estimate of drug-likeness (QED) is 0.0593. The Hall–Kier alpha value is -6.74. The summed E-state index contributed by atoms with van der Waals surface area (Å²) in [5.74, 6) is -8.48. The van der Waals surface area contributed by atoms with Crippen molar-refractivity contribution >= 4 is 53.3 Å². The van der Waals surface area contributed by atoms with Gasteiger partial charge in [0.2, 0.25) is 41.4 Å². The van der Waals surface area contributed by atoms with Crippen molar-refractivity contribution in [3.05, 3.63) is 48.0 Å². The first-order chi connectivity index (χ1) is 29.9. The fourth-order valence-electron chi connectivity index (χ4n) is 7.36. The molecule has 22 heteroatoms. The van der Waals surface area contributed by atoms with Crippen LogP contribution in [0.5, 0.6) is 5.75 Å². The van der Waals surface area contributed by atoms with Crippen LogP contribution in [0, 0.1) is 11.8 Å². The van der Waals surface area contributed by atoms with Crippen molar-refractivity contribution in [1.82, 2.24) is 46.8 Å². The second-order valence-corrected chi connectivity index (χ2v) is 16.2. The van der Waals surface area contributed by atoms with E-state index in [1.54, 1.807) is 39.8 Å². The summed E-state index contributed by atoms with van der Waals surface area (Å²) in [6.45, 7) is 6.95. The lowest BCUT2D eigenvalue weighted by Gasteiger charge is -2.32. The Balaban J connectivity index is 1.82. The molecule has 2 aliphatic heterocycles. The summed E-state index contributed by atoms with van der Waals surface area (Å²) in [6, 6.07) is -3.54. The number of aliphatic carboxylic acids is 1. The van der Waals surface area contributed by atoms with Crippen LogP contribution in [-0.2, 0) is 51.2 Å². The monoisotopic (exact) mass is 880 g/mol. The molecular formula is C41H60N12O10. The highest BCUT2D eigenvalue weighted by Gasteiger charge is 2.41. The first-order valence-electron chi connectivity index (χ1n) is 21.0. The number of aromatic nitrogens is 2. The number of benzene rings is 1. The van der Waals surface area contributed by atoms with E-state index in [9.17, 15) is 48.6 Å². The van der Waals surface area contributed by atoms with Crippen LogP contribution in [0.1, 0.15) is 77.5 Å². The van der Waals surface area contributed by atoms with Crippen LogP contribution in [0.3, 0.4) is 0 Å². The Kier molecular flexibility index (Phi) is 17.8. The number of phenolic OH excluding ortho intramolecular Hbond substituents is 1. The largest absolute Gasteiger partial charge is 0.508 e. The number of amides is 7. The van der Waals surface area contributed by atoms with E-state index in [4.69, 9.17) is 11.5 Å². The van der Waals surface area contributed by atoms with Gasteiger partial charge in [-0.3, -0.25) is 43.3 Å². The molecule has 0 saturated carbocycles. The molecule has 344 valence electrons. The van der Waals surface area contributed by atoms with E-state index in [-0.39, 0.29) is 56.9 Å². The molecule has 2 aromatic rings. The van der Waals surface area contributed by atoms with Gasteiger partial charge in [0, 0.05) is 37.8 Å². The number of H-pyrrole nitrogens is 1. The minimum absolute atomic E-state index is 0.0379. The molecule has 2 saturated heterocycles. The Morgan fingerprint density at radius 1 is 0.810 bits per heavy atom. The average Bonchev–Trinajstić information content (AvgIpc) is 3.94. The summed E-state index contributed by atoms with van der Waals surface area (Å²) >= 11 is 0. The van der Waals surface area contributed by atoms with Crippen molar-refractivity contribution in [2.24, 2.45) is 28.3 Å². The van der Waals surface area contributed by atoms with Gasteiger partial charge in [0.1, 0.15) is 48.0 Å². The second kappa shape index (κ2) is 22.9. The highest BCUT2D eigenvalue weighted by atomic mass is 16.4. The third-order valence-electron chi connectivity index (χ3n) is 11.1. The number of hydrogen-bond donors (Lipinski definition) is 11. The molecule has 7 amide bonds. The molecule has 8 atom stereocenters. The molecule has 3 heterocycles. The number of carbonyl (C=O) groups excluding carboxylic acids is 7. The Morgan fingerprint density at radius 3 is 2.03 bits per heavy atom. The number of nitrogens with zero attached hydrogens (tertiary/aromatic N) is 3. The lowest BCUT2D eigenvalue weighted by Crippen LogP contribution is -2.61. The average molecular weight is 881 g/mol. The molecule has 1 aromatic heterocycles. The van der Waals surface area contributed by atoms with Gasteiger partial charge in [-0.05, 0) is 55.2 Å².